The van der Waals surface area contributed by atoms with E-state index >= 15 is 0 Å². The van der Waals surface area contributed by atoms with E-state index in [0.29, 0.717) is 23.0 Å². The maximum Gasteiger partial charge on any atom is 0.238 e. The monoisotopic (exact) mass is 326 g/mol. The predicted molar refractivity (Wildman–Crippen MR) is 87.8 cm³/mol. The molecule has 122 valence electrons. The number of aryl methyl sites for hydroxylation is 1. The predicted octanol–water partition coefficient (Wildman–Crippen LogP) is 2.70. The van der Waals surface area contributed by atoms with Crippen molar-refractivity contribution >= 4 is 23.2 Å². The number of nitrogens with zero attached hydrogens (tertiary/aromatic N) is 1. The van der Waals surface area contributed by atoms with Crippen LogP contribution in [0.5, 0.6) is 5.75 Å². The highest BCUT2D eigenvalue weighted by molar-refractivity contribution is 6.31. The minimum Gasteiger partial charge on any atom is -0.495 e. The largest absolute Gasteiger partial charge is 0.495 e. The topological polar surface area (TPSA) is 50.8 Å². The van der Waals surface area contributed by atoms with Gasteiger partial charge in [0, 0.05) is 24.2 Å². The lowest BCUT2D eigenvalue weighted by molar-refractivity contribution is -0.121. The summed E-state index contributed by atoms with van der Waals surface area (Å²) in [6, 6.07) is 3.54. The van der Waals surface area contributed by atoms with Crippen LogP contribution in [0.4, 0.5) is 5.69 Å². The number of nitrogens with one attached hydrogen (secondary N) is 1. The van der Waals surface area contributed by atoms with Crippen LogP contribution in [0.1, 0.15) is 19.4 Å². The van der Waals surface area contributed by atoms with E-state index < -0.39 is 0 Å². The molecular weight excluding hydrogens is 304 g/mol. The number of ether oxygens (including phenoxy) is 2. The van der Waals surface area contributed by atoms with Crippen LogP contribution in [0.3, 0.4) is 0 Å². The SMILES string of the molecule is COc1cc(Cl)c(C)cc1NC(=O)CN1C[C@H](C)O[C@@H](C)C1. The third-order valence-corrected chi connectivity index (χ3v) is 4.02. The fraction of sp³-hybridized carbons (Fsp3) is 0.562. The highest BCUT2D eigenvalue weighted by Crippen LogP contribution is 2.30. The zero-order chi connectivity index (χ0) is 16.3. The van der Waals surface area contributed by atoms with Crippen LogP contribution in [0.25, 0.3) is 0 Å². The van der Waals surface area contributed by atoms with E-state index in [-0.39, 0.29) is 18.1 Å². The number of carbonyl (C=O) groups is 1. The van der Waals surface area contributed by atoms with Crippen LogP contribution in [-0.2, 0) is 9.53 Å². The number of amides is 1. The van der Waals surface area contributed by atoms with Crippen molar-refractivity contribution in [1.29, 1.82) is 0 Å². The minimum atomic E-state index is -0.0682. The first-order chi connectivity index (χ1) is 10.4. The van der Waals surface area contributed by atoms with Gasteiger partial charge < -0.3 is 14.8 Å². The molecule has 1 fully saturated rings. The van der Waals surface area contributed by atoms with Gasteiger partial charge in [-0.1, -0.05) is 11.6 Å². The summed E-state index contributed by atoms with van der Waals surface area (Å²) in [4.78, 5) is 14.4. The van der Waals surface area contributed by atoms with Crippen LogP contribution in [0.15, 0.2) is 12.1 Å². The molecule has 6 heteroatoms. The summed E-state index contributed by atoms with van der Waals surface area (Å²) in [5.41, 5.74) is 1.54. The van der Waals surface area contributed by atoms with Crippen LogP contribution < -0.4 is 10.1 Å². The van der Waals surface area contributed by atoms with E-state index in [0.717, 1.165) is 18.7 Å². The van der Waals surface area contributed by atoms with Crippen LogP contribution in [-0.4, -0.2) is 49.8 Å². The molecule has 1 aromatic carbocycles. The van der Waals surface area contributed by atoms with Crippen LogP contribution in [0, 0.1) is 6.92 Å². The Morgan fingerprint density at radius 1 is 1.41 bits per heavy atom. The van der Waals surface area contributed by atoms with Crippen molar-refractivity contribution in [3.05, 3.63) is 22.7 Å². The zero-order valence-corrected chi connectivity index (χ0v) is 14.2. The van der Waals surface area contributed by atoms with Crippen molar-refractivity contribution in [1.82, 2.24) is 4.90 Å². The van der Waals surface area contributed by atoms with Gasteiger partial charge in [0.25, 0.3) is 0 Å². The molecule has 2 atom stereocenters. The fourth-order valence-electron chi connectivity index (χ4n) is 2.74. The summed E-state index contributed by atoms with van der Waals surface area (Å²) in [5, 5.41) is 3.52. The Kier molecular flexibility index (Phi) is 5.67. The lowest BCUT2D eigenvalue weighted by atomic mass is 10.2. The minimum absolute atomic E-state index is 0.0682. The second-order valence-corrected chi connectivity index (χ2v) is 6.21. The maximum absolute atomic E-state index is 12.3. The zero-order valence-electron chi connectivity index (χ0n) is 13.5. The molecule has 1 amide bonds. The molecule has 1 aliphatic rings. The summed E-state index contributed by atoms with van der Waals surface area (Å²) >= 11 is 6.07. The van der Waals surface area contributed by atoms with E-state index in [9.17, 15) is 4.79 Å². The molecule has 0 saturated carbocycles. The average molecular weight is 327 g/mol. The number of benzene rings is 1. The van der Waals surface area contributed by atoms with Crippen molar-refractivity contribution in [2.75, 3.05) is 32.1 Å². The van der Waals surface area contributed by atoms with E-state index in [2.05, 4.69) is 10.2 Å². The Balaban J connectivity index is 2.01. The Labute approximate surface area is 136 Å². The quantitative estimate of drug-likeness (QED) is 0.924. The van der Waals surface area contributed by atoms with Gasteiger partial charge in [0.2, 0.25) is 5.91 Å². The standard InChI is InChI=1S/C16H23ClN2O3/c1-10-5-14(15(21-4)6-13(10)17)18-16(20)9-19-7-11(2)22-12(3)8-19/h5-6,11-12H,7-9H2,1-4H3,(H,18,20)/t11-,12-/m0/s1. The van der Waals surface area contributed by atoms with E-state index in [4.69, 9.17) is 21.1 Å². The number of hydrogen-bond acceptors (Lipinski definition) is 4. The van der Waals surface area contributed by atoms with Crippen molar-refractivity contribution in [3.8, 4) is 5.75 Å². The molecule has 1 heterocycles. The van der Waals surface area contributed by atoms with Gasteiger partial charge in [0.1, 0.15) is 5.75 Å². The Bertz CT molecular complexity index is 540. The van der Waals surface area contributed by atoms with E-state index in [1.54, 1.807) is 13.2 Å². The highest BCUT2D eigenvalue weighted by Gasteiger charge is 2.24. The summed E-state index contributed by atoms with van der Waals surface area (Å²) in [7, 11) is 1.56. The molecule has 1 aliphatic heterocycles. The first-order valence-corrected chi connectivity index (χ1v) is 7.78. The second-order valence-electron chi connectivity index (χ2n) is 5.80. The molecule has 0 aliphatic carbocycles. The number of anilines is 1. The number of halogens is 1. The van der Waals surface area contributed by atoms with Gasteiger partial charge in [0.15, 0.2) is 0 Å². The van der Waals surface area contributed by atoms with E-state index in [1.807, 2.05) is 26.8 Å². The summed E-state index contributed by atoms with van der Waals surface area (Å²) in [6.07, 6.45) is 0.285. The Morgan fingerprint density at radius 3 is 2.64 bits per heavy atom. The molecule has 0 bridgehead atoms. The fourth-order valence-corrected chi connectivity index (χ4v) is 2.89. The molecule has 2 rings (SSSR count). The second kappa shape index (κ2) is 7.31. The van der Waals surface area contributed by atoms with Gasteiger partial charge in [-0.15, -0.1) is 0 Å². The first-order valence-electron chi connectivity index (χ1n) is 7.41. The molecule has 0 aromatic heterocycles. The maximum atomic E-state index is 12.3. The molecule has 5 nitrogen and oxygen atoms in total. The Morgan fingerprint density at radius 2 is 2.05 bits per heavy atom. The van der Waals surface area contributed by atoms with Gasteiger partial charge in [0.05, 0.1) is 31.5 Å². The van der Waals surface area contributed by atoms with Crippen LogP contribution >= 0.6 is 11.6 Å². The van der Waals surface area contributed by atoms with Crippen molar-refractivity contribution < 1.29 is 14.3 Å². The number of methoxy groups -OCH3 is 1. The van der Waals surface area contributed by atoms with Crippen molar-refractivity contribution in [2.45, 2.75) is 33.0 Å². The Hall–Kier alpha value is -1.30. The number of carbonyl (C=O) groups excluding carboxylic acids is 1. The smallest absolute Gasteiger partial charge is 0.238 e. The van der Waals surface area contributed by atoms with Gasteiger partial charge in [-0.2, -0.15) is 0 Å². The number of rotatable bonds is 4. The molecule has 0 spiro atoms. The van der Waals surface area contributed by atoms with E-state index in [1.165, 1.54) is 0 Å². The van der Waals surface area contributed by atoms with Gasteiger partial charge in [-0.05, 0) is 32.4 Å². The lowest BCUT2D eigenvalue weighted by Gasteiger charge is -2.34. The average Bonchev–Trinajstić information content (AvgIpc) is 2.41. The van der Waals surface area contributed by atoms with Gasteiger partial charge in [-0.3, -0.25) is 9.69 Å². The number of hydrogen-bond donors (Lipinski definition) is 1. The first kappa shape index (κ1) is 17.1. The number of morpholine rings is 1. The highest BCUT2D eigenvalue weighted by atomic mass is 35.5. The third kappa shape index (κ3) is 4.35. The third-order valence-electron chi connectivity index (χ3n) is 3.62. The van der Waals surface area contributed by atoms with Gasteiger partial charge in [-0.25, -0.2) is 0 Å². The normalized spacial score (nSPS) is 22.4. The van der Waals surface area contributed by atoms with Crippen molar-refractivity contribution in [2.24, 2.45) is 0 Å². The molecule has 22 heavy (non-hydrogen) atoms. The molecule has 1 N–H and O–H groups in total. The molecule has 0 unspecified atom stereocenters. The summed E-state index contributed by atoms with van der Waals surface area (Å²) < 4.78 is 10.9. The molecular formula is C16H23ClN2O3. The lowest BCUT2D eigenvalue weighted by Crippen LogP contribution is -2.48. The molecule has 0 radical (unpaired) electrons. The summed E-state index contributed by atoms with van der Waals surface area (Å²) in [6.45, 7) is 7.78. The van der Waals surface area contributed by atoms with Crippen LogP contribution in [0.2, 0.25) is 5.02 Å². The molecule has 1 aromatic rings. The summed E-state index contributed by atoms with van der Waals surface area (Å²) in [5.74, 6) is 0.494. The molecule has 1 saturated heterocycles. The van der Waals surface area contributed by atoms with Crippen molar-refractivity contribution in [3.63, 3.8) is 0 Å². The van der Waals surface area contributed by atoms with Gasteiger partial charge >= 0.3 is 0 Å².